The third-order valence-electron chi connectivity index (χ3n) is 3.57. The first-order chi connectivity index (χ1) is 5.36. The Labute approximate surface area is 67.4 Å². The summed E-state index contributed by atoms with van der Waals surface area (Å²) in [5, 5.41) is 0. The molecule has 3 rings (SSSR count). The minimum atomic E-state index is 0.653. The van der Waals surface area contributed by atoms with Gasteiger partial charge in [-0.1, -0.05) is 19.1 Å². The van der Waals surface area contributed by atoms with Crippen LogP contribution >= 0.6 is 0 Å². The molecule has 1 heterocycles. The van der Waals surface area contributed by atoms with Crippen LogP contribution in [0.15, 0.2) is 12.2 Å². The van der Waals surface area contributed by atoms with E-state index in [0.29, 0.717) is 12.2 Å². The van der Waals surface area contributed by atoms with Gasteiger partial charge in [0, 0.05) is 0 Å². The van der Waals surface area contributed by atoms with Gasteiger partial charge in [-0.05, 0) is 30.6 Å². The van der Waals surface area contributed by atoms with Gasteiger partial charge < -0.3 is 4.74 Å². The fraction of sp³-hybridized carbons (Fsp3) is 0.800. The molecule has 2 fully saturated rings. The van der Waals surface area contributed by atoms with Crippen molar-refractivity contribution in [3.63, 3.8) is 0 Å². The first-order valence-corrected chi connectivity index (χ1v) is 4.68. The summed E-state index contributed by atoms with van der Waals surface area (Å²) in [6, 6.07) is 0. The molecule has 3 aliphatic rings. The van der Waals surface area contributed by atoms with Crippen LogP contribution in [0, 0.1) is 17.8 Å². The molecule has 0 amide bonds. The van der Waals surface area contributed by atoms with Gasteiger partial charge in [0.1, 0.15) is 0 Å². The van der Waals surface area contributed by atoms with Crippen LogP contribution in [0.25, 0.3) is 0 Å². The molecule has 1 nitrogen and oxygen atoms in total. The predicted octanol–water partition coefficient (Wildman–Crippen LogP) is 1.99. The van der Waals surface area contributed by atoms with Crippen molar-refractivity contribution in [2.45, 2.75) is 32.0 Å². The highest BCUT2D eigenvalue weighted by atomic mass is 16.6. The second-order valence-electron chi connectivity index (χ2n) is 4.24. The molecule has 0 aromatic heterocycles. The SMILES string of the molecule is CC1C=CCC2CC3OC3C12. The number of rotatable bonds is 0. The van der Waals surface area contributed by atoms with Crippen LogP contribution < -0.4 is 0 Å². The summed E-state index contributed by atoms with van der Waals surface area (Å²) < 4.78 is 5.56. The van der Waals surface area contributed by atoms with E-state index >= 15 is 0 Å². The number of hydrogen-bond donors (Lipinski definition) is 0. The zero-order valence-electron chi connectivity index (χ0n) is 6.86. The molecule has 0 spiro atoms. The molecule has 11 heavy (non-hydrogen) atoms. The molecular weight excluding hydrogens is 136 g/mol. The monoisotopic (exact) mass is 150 g/mol. The van der Waals surface area contributed by atoms with Gasteiger partial charge in [0.05, 0.1) is 12.2 Å². The topological polar surface area (TPSA) is 12.5 Å². The maximum Gasteiger partial charge on any atom is 0.0878 e. The summed E-state index contributed by atoms with van der Waals surface area (Å²) in [5.74, 6) is 2.59. The molecule has 60 valence electrons. The average Bonchev–Trinajstić information content (AvgIpc) is 2.62. The van der Waals surface area contributed by atoms with Crippen LogP contribution in [0.4, 0.5) is 0 Å². The maximum atomic E-state index is 5.56. The summed E-state index contributed by atoms with van der Waals surface area (Å²) in [4.78, 5) is 0. The van der Waals surface area contributed by atoms with E-state index in [1.807, 2.05) is 0 Å². The van der Waals surface area contributed by atoms with Gasteiger partial charge in [0.15, 0.2) is 0 Å². The fourth-order valence-corrected chi connectivity index (χ4v) is 2.99. The molecule has 0 bridgehead atoms. The Kier molecular flexibility index (Phi) is 1.07. The van der Waals surface area contributed by atoms with Crippen molar-refractivity contribution >= 4 is 0 Å². The Hall–Kier alpha value is -0.300. The Morgan fingerprint density at radius 2 is 2.36 bits per heavy atom. The van der Waals surface area contributed by atoms with Crippen molar-refractivity contribution in [2.75, 3.05) is 0 Å². The Bertz CT molecular complexity index is 209. The molecule has 0 aromatic rings. The Balaban J connectivity index is 1.90. The van der Waals surface area contributed by atoms with E-state index in [9.17, 15) is 0 Å². The number of epoxide rings is 1. The van der Waals surface area contributed by atoms with Gasteiger partial charge in [-0.3, -0.25) is 0 Å². The quantitative estimate of drug-likeness (QED) is 0.380. The lowest BCUT2D eigenvalue weighted by Crippen LogP contribution is -2.23. The van der Waals surface area contributed by atoms with Crippen LogP contribution in [0.3, 0.4) is 0 Å². The fourth-order valence-electron chi connectivity index (χ4n) is 2.99. The van der Waals surface area contributed by atoms with Crippen molar-refractivity contribution in [1.82, 2.24) is 0 Å². The summed E-state index contributed by atoms with van der Waals surface area (Å²) in [7, 11) is 0. The largest absolute Gasteiger partial charge is 0.369 e. The van der Waals surface area contributed by atoms with E-state index in [1.54, 1.807) is 0 Å². The van der Waals surface area contributed by atoms with Gasteiger partial charge in [0.2, 0.25) is 0 Å². The third-order valence-corrected chi connectivity index (χ3v) is 3.57. The first kappa shape index (κ1) is 6.24. The van der Waals surface area contributed by atoms with Crippen molar-refractivity contribution in [2.24, 2.45) is 17.8 Å². The lowest BCUT2D eigenvalue weighted by molar-refractivity contribution is 0.166. The summed E-state index contributed by atoms with van der Waals surface area (Å²) in [6.07, 6.45) is 8.68. The zero-order chi connectivity index (χ0) is 7.42. The molecule has 0 aromatic carbocycles. The second-order valence-corrected chi connectivity index (χ2v) is 4.24. The minimum Gasteiger partial charge on any atom is -0.369 e. The Morgan fingerprint density at radius 3 is 3.18 bits per heavy atom. The lowest BCUT2D eigenvalue weighted by atomic mass is 9.78. The highest BCUT2D eigenvalue weighted by Crippen LogP contribution is 2.52. The molecule has 1 aliphatic heterocycles. The molecule has 2 aliphatic carbocycles. The number of hydrogen-bond acceptors (Lipinski definition) is 1. The first-order valence-electron chi connectivity index (χ1n) is 4.68. The van der Waals surface area contributed by atoms with Crippen molar-refractivity contribution in [1.29, 1.82) is 0 Å². The van der Waals surface area contributed by atoms with E-state index in [-0.39, 0.29) is 0 Å². The van der Waals surface area contributed by atoms with Crippen LogP contribution in [-0.2, 0) is 4.74 Å². The van der Waals surface area contributed by atoms with E-state index in [2.05, 4.69) is 19.1 Å². The predicted molar refractivity (Wildman–Crippen MR) is 43.2 cm³/mol. The van der Waals surface area contributed by atoms with Gasteiger partial charge >= 0.3 is 0 Å². The second kappa shape index (κ2) is 1.89. The molecule has 0 radical (unpaired) electrons. The zero-order valence-corrected chi connectivity index (χ0v) is 6.86. The average molecular weight is 150 g/mol. The van der Waals surface area contributed by atoms with Crippen LogP contribution in [-0.4, -0.2) is 12.2 Å². The standard InChI is InChI=1S/C10H14O/c1-6-3-2-4-7-5-8-10(11-8)9(6)7/h2-3,6-10H,4-5H2,1H3. The van der Waals surface area contributed by atoms with Crippen molar-refractivity contribution in [3.05, 3.63) is 12.2 Å². The van der Waals surface area contributed by atoms with E-state index in [4.69, 9.17) is 4.74 Å². The minimum absolute atomic E-state index is 0.653. The van der Waals surface area contributed by atoms with Gasteiger partial charge in [-0.15, -0.1) is 0 Å². The summed E-state index contributed by atoms with van der Waals surface area (Å²) in [5.41, 5.74) is 0. The number of allylic oxidation sites excluding steroid dienone is 2. The van der Waals surface area contributed by atoms with Crippen LogP contribution in [0.1, 0.15) is 19.8 Å². The van der Waals surface area contributed by atoms with E-state index in [1.165, 1.54) is 12.8 Å². The van der Waals surface area contributed by atoms with Crippen molar-refractivity contribution in [3.8, 4) is 0 Å². The van der Waals surface area contributed by atoms with Gasteiger partial charge in [0.25, 0.3) is 0 Å². The summed E-state index contributed by atoms with van der Waals surface area (Å²) in [6.45, 7) is 2.33. The third kappa shape index (κ3) is 0.750. The molecule has 5 unspecified atom stereocenters. The molecule has 1 saturated carbocycles. The van der Waals surface area contributed by atoms with Crippen molar-refractivity contribution < 1.29 is 4.74 Å². The van der Waals surface area contributed by atoms with Crippen LogP contribution in [0.2, 0.25) is 0 Å². The number of fused-ring (bicyclic) bond motifs is 3. The smallest absolute Gasteiger partial charge is 0.0878 e. The maximum absolute atomic E-state index is 5.56. The Morgan fingerprint density at radius 1 is 1.45 bits per heavy atom. The van der Waals surface area contributed by atoms with E-state index in [0.717, 1.165) is 17.8 Å². The molecule has 1 heteroatoms. The van der Waals surface area contributed by atoms with Crippen LogP contribution in [0.5, 0.6) is 0 Å². The molecule has 0 N–H and O–H groups in total. The number of ether oxygens (including phenoxy) is 1. The highest BCUT2D eigenvalue weighted by molar-refractivity contribution is 5.11. The molecule has 5 atom stereocenters. The van der Waals surface area contributed by atoms with E-state index < -0.39 is 0 Å². The molecule has 1 saturated heterocycles. The lowest BCUT2D eigenvalue weighted by Gasteiger charge is -2.28. The summed E-state index contributed by atoms with van der Waals surface area (Å²) >= 11 is 0. The highest BCUT2D eigenvalue weighted by Gasteiger charge is 2.56. The normalized spacial score (nSPS) is 58.8. The van der Waals surface area contributed by atoms with Gasteiger partial charge in [-0.2, -0.15) is 0 Å². The molecular formula is C10H14O. The van der Waals surface area contributed by atoms with Gasteiger partial charge in [-0.25, -0.2) is 0 Å².